The Kier molecular flexibility index (Phi) is 3.24. The smallest absolute Gasteiger partial charge is 0.307 e. The maximum atomic E-state index is 11.0. The quantitative estimate of drug-likeness (QED) is 0.867. The maximum absolute atomic E-state index is 11.0. The van der Waals surface area contributed by atoms with E-state index in [2.05, 4.69) is 5.32 Å². The number of hydrogen-bond donors (Lipinski definition) is 2. The van der Waals surface area contributed by atoms with E-state index in [9.17, 15) is 4.79 Å². The van der Waals surface area contributed by atoms with E-state index < -0.39 is 5.97 Å². The van der Waals surface area contributed by atoms with Crippen molar-refractivity contribution in [3.05, 3.63) is 22.7 Å². The van der Waals surface area contributed by atoms with Crippen LogP contribution < -0.4 is 14.8 Å². The van der Waals surface area contributed by atoms with Crippen molar-refractivity contribution in [2.75, 3.05) is 19.8 Å². The zero-order valence-electron chi connectivity index (χ0n) is 10.2. The molecule has 3 rings (SSSR count). The van der Waals surface area contributed by atoms with E-state index in [0.717, 1.165) is 5.56 Å². The van der Waals surface area contributed by atoms with Gasteiger partial charge in [0.05, 0.1) is 10.9 Å². The molecule has 2 aliphatic rings. The normalized spacial score (nSPS) is 25.3. The number of halogens is 1. The van der Waals surface area contributed by atoms with E-state index in [4.69, 9.17) is 26.2 Å². The van der Waals surface area contributed by atoms with E-state index in [-0.39, 0.29) is 12.0 Å². The van der Waals surface area contributed by atoms with Crippen LogP contribution in [0.15, 0.2) is 12.1 Å². The minimum absolute atomic E-state index is 0.0335. The van der Waals surface area contributed by atoms with Gasteiger partial charge in [-0.05, 0) is 12.5 Å². The van der Waals surface area contributed by atoms with Gasteiger partial charge in [-0.25, -0.2) is 0 Å². The molecule has 2 heterocycles. The molecule has 6 heteroatoms. The monoisotopic (exact) mass is 283 g/mol. The van der Waals surface area contributed by atoms with Crippen LogP contribution in [-0.2, 0) is 4.79 Å². The molecule has 2 unspecified atom stereocenters. The predicted molar refractivity (Wildman–Crippen MR) is 68.9 cm³/mol. The molecular formula is C13H14ClNO4. The molecule has 2 N–H and O–H groups in total. The number of benzene rings is 1. The van der Waals surface area contributed by atoms with Crippen LogP contribution in [0.25, 0.3) is 0 Å². The Bertz CT molecular complexity index is 520. The lowest BCUT2D eigenvalue weighted by atomic mass is 9.99. The van der Waals surface area contributed by atoms with Crippen molar-refractivity contribution < 1.29 is 19.4 Å². The number of carbonyl (C=O) groups is 1. The van der Waals surface area contributed by atoms with Crippen LogP contribution in [0.3, 0.4) is 0 Å². The summed E-state index contributed by atoms with van der Waals surface area (Å²) in [6.07, 6.45) is 0.548. The van der Waals surface area contributed by atoms with Crippen LogP contribution in [-0.4, -0.2) is 30.8 Å². The lowest BCUT2D eigenvalue weighted by Gasteiger charge is -2.24. The van der Waals surface area contributed by atoms with Crippen molar-refractivity contribution in [1.82, 2.24) is 5.32 Å². The van der Waals surface area contributed by atoms with Crippen molar-refractivity contribution in [3.8, 4) is 11.5 Å². The van der Waals surface area contributed by atoms with Crippen LogP contribution in [0.5, 0.6) is 11.5 Å². The average Bonchev–Trinajstić information content (AvgIpc) is 2.89. The number of hydrogen-bond acceptors (Lipinski definition) is 4. The average molecular weight is 284 g/mol. The van der Waals surface area contributed by atoms with Gasteiger partial charge in [0.25, 0.3) is 0 Å². The van der Waals surface area contributed by atoms with Gasteiger partial charge in [-0.2, -0.15) is 0 Å². The van der Waals surface area contributed by atoms with Gasteiger partial charge in [-0.1, -0.05) is 17.7 Å². The van der Waals surface area contributed by atoms with Gasteiger partial charge in [0.15, 0.2) is 11.5 Å². The van der Waals surface area contributed by atoms with Gasteiger partial charge in [-0.3, -0.25) is 4.79 Å². The molecule has 5 nitrogen and oxygen atoms in total. The van der Waals surface area contributed by atoms with Crippen molar-refractivity contribution in [1.29, 1.82) is 0 Å². The Balaban J connectivity index is 1.92. The Morgan fingerprint density at radius 2 is 2.05 bits per heavy atom. The summed E-state index contributed by atoms with van der Waals surface area (Å²) in [5.74, 6) is 0.0733. The molecule has 0 bridgehead atoms. The first-order valence-corrected chi connectivity index (χ1v) is 6.59. The third-order valence-electron chi connectivity index (χ3n) is 3.53. The Hall–Kier alpha value is -1.46. The molecule has 1 aromatic carbocycles. The third kappa shape index (κ3) is 2.24. The molecule has 0 amide bonds. The molecule has 0 aromatic heterocycles. The SMILES string of the molecule is O=C(O)C1CNC(c2ccc(Cl)c3c2OCCO3)C1. The highest BCUT2D eigenvalue weighted by Crippen LogP contribution is 2.44. The molecule has 0 saturated carbocycles. The molecule has 1 saturated heterocycles. The third-order valence-corrected chi connectivity index (χ3v) is 3.82. The number of carboxylic acid groups (broad SMARTS) is 1. The number of fused-ring (bicyclic) bond motifs is 1. The highest BCUT2D eigenvalue weighted by molar-refractivity contribution is 6.32. The number of ether oxygens (including phenoxy) is 2. The standard InChI is InChI=1S/C13H14ClNO4/c14-9-2-1-8(11-12(9)19-4-3-18-11)10-5-7(6-15-10)13(16)17/h1-2,7,10,15H,3-6H2,(H,16,17). The number of aliphatic carboxylic acids is 1. The van der Waals surface area contributed by atoms with Crippen LogP contribution in [0.2, 0.25) is 5.02 Å². The van der Waals surface area contributed by atoms with Crippen LogP contribution in [0.1, 0.15) is 18.0 Å². The van der Waals surface area contributed by atoms with E-state index in [1.165, 1.54) is 0 Å². The van der Waals surface area contributed by atoms with E-state index in [1.807, 2.05) is 6.07 Å². The van der Waals surface area contributed by atoms with E-state index >= 15 is 0 Å². The van der Waals surface area contributed by atoms with Crippen LogP contribution in [0.4, 0.5) is 0 Å². The maximum Gasteiger partial charge on any atom is 0.307 e. The second-order valence-corrected chi connectivity index (χ2v) is 5.13. The van der Waals surface area contributed by atoms with E-state index in [0.29, 0.717) is 42.7 Å². The molecule has 0 aliphatic carbocycles. The topological polar surface area (TPSA) is 67.8 Å². The first-order chi connectivity index (χ1) is 9.16. The highest BCUT2D eigenvalue weighted by atomic mass is 35.5. The summed E-state index contributed by atoms with van der Waals surface area (Å²) in [6, 6.07) is 3.60. The van der Waals surface area contributed by atoms with Crippen molar-refractivity contribution in [3.63, 3.8) is 0 Å². The molecule has 2 aliphatic heterocycles. The van der Waals surface area contributed by atoms with Gasteiger partial charge in [-0.15, -0.1) is 0 Å². The zero-order valence-corrected chi connectivity index (χ0v) is 10.9. The van der Waals surface area contributed by atoms with Crippen molar-refractivity contribution >= 4 is 17.6 Å². The fourth-order valence-corrected chi connectivity index (χ4v) is 2.76. The fraction of sp³-hybridized carbons (Fsp3) is 0.462. The van der Waals surface area contributed by atoms with Gasteiger partial charge in [0.2, 0.25) is 0 Å². The van der Waals surface area contributed by atoms with Gasteiger partial charge < -0.3 is 19.9 Å². The molecule has 19 heavy (non-hydrogen) atoms. The summed E-state index contributed by atoms with van der Waals surface area (Å²) in [7, 11) is 0. The van der Waals surface area contributed by atoms with Crippen LogP contribution >= 0.6 is 11.6 Å². The molecule has 0 spiro atoms. The van der Waals surface area contributed by atoms with E-state index in [1.54, 1.807) is 6.07 Å². The molecule has 1 aromatic rings. The van der Waals surface area contributed by atoms with Gasteiger partial charge in [0.1, 0.15) is 13.2 Å². The largest absolute Gasteiger partial charge is 0.486 e. The summed E-state index contributed by atoms with van der Waals surface area (Å²) in [6.45, 7) is 1.43. The number of nitrogens with one attached hydrogen (secondary N) is 1. The summed E-state index contributed by atoms with van der Waals surface area (Å²) in [4.78, 5) is 11.0. The predicted octanol–water partition coefficient (Wildman–Crippen LogP) is 1.85. The van der Waals surface area contributed by atoms with Crippen LogP contribution in [0, 0.1) is 5.92 Å². The summed E-state index contributed by atoms with van der Waals surface area (Å²) < 4.78 is 11.2. The Labute approximate surface area is 115 Å². The molecule has 102 valence electrons. The van der Waals surface area contributed by atoms with Gasteiger partial charge in [0, 0.05) is 18.2 Å². The summed E-state index contributed by atoms with van der Waals surface area (Å²) in [5, 5.41) is 12.8. The molecule has 0 radical (unpaired) electrons. The Morgan fingerprint density at radius 3 is 2.74 bits per heavy atom. The lowest BCUT2D eigenvalue weighted by molar-refractivity contribution is -0.141. The fourth-order valence-electron chi connectivity index (χ4n) is 2.56. The zero-order chi connectivity index (χ0) is 13.4. The molecular weight excluding hydrogens is 270 g/mol. The second-order valence-electron chi connectivity index (χ2n) is 4.72. The Morgan fingerprint density at radius 1 is 1.32 bits per heavy atom. The first-order valence-electron chi connectivity index (χ1n) is 6.21. The van der Waals surface area contributed by atoms with Crippen molar-refractivity contribution in [2.45, 2.75) is 12.5 Å². The summed E-state index contributed by atoms with van der Waals surface area (Å²) in [5.41, 5.74) is 0.919. The first kappa shape index (κ1) is 12.6. The minimum Gasteiger partial charge on any atom is -0.486 e. The lowest BCUT2D eigenvalue weighted by Crippen LogP contribution is -2.20. The number of rotatable bonds is 2. The van der Waals surface area contributed by atoms with Gasteiger partial charge >= 0.3 is 5.97 Å². The number of carboxylic acids is 1. The molecule has 1 fully saturated rings. The van der Waals surface area contributed by atoms with Crippen molar-refractivity contribution in [2.24, 2.45) is 5.92 Å². The second kappa shape index (κ2) is 4.90. The molecule has 2 atom stereocenters. The minimum atomic E-state index is -0.769. The summed E-state index contributed by atoms with van der Waals surface area (Å²) >= 11 is 6.08. The highest BCUT2D eigenvalue weighted by Gasteiger charge is 2.33.